The lowest BCUT2D eigenvalue weighted by Gasteiger charge is -2.25. The van der Waals surface area contributed by atoms with Gasteiger partial charge in [0.15, 0.2) is 0 Å². The Morgan fingerprint density at radius 2 is 2.10 bits per heavy atom. The van der Waals surface area contributed by atoms with E-state index in [0.29, 0.717) is 5.56 Å². The molecule has 1 aliphatic heterocycles. The molecule has 0 saturated heterocycles. The van der Waals surface area contributed by atoms with Gasteiger partial charge in [-0.25, -0.2) is 4.39 Å². The van der Waals surface area contributed by atoms with Crippen molar-refractivity contribution in [3.8, 4) is 5.75 Å². The first-order valence-electron chi connectivity index (χ1n) is 7.07. The number of rotatable bonds is 3. The number of hydrogen-bond acceptors (Lipinski definition) is 2. The summed E-state index contributed by atoms with van der Waals surface area (Å²) in [7, 11) is 1.84. The number of halogens is 2. The summed E-state index contributed by atoms with van der Waals surface area (Å²) in [6.07, 6.45) is 2.05. The van der Waals surface area contributed by atoms with Crippen LogP contribution in [0.25, 0.3) is 0 Å². The second-order valence-electron chi connectivity index (χ2n) is 5.18. The van der Waals surface area contributed by atoms with E-state index in [9.17, 15) is 4.39 Å². The first kappa shape index (κ1) is 14.5. The van der Waals surface area contributed by atoms with E-state index in [-0.39, 0.29) is 11.9 Å². The van der Waals surface area contributed by atoms with Crippen molar-refractivity contribution in [1.29, 1.82) is 0 Å². The van der Waals surface area contributed by atoms with Gasteiger partial charge in [0, 0.05) is 15.6 Å². The van der Waals surface area contributed by atoms with E-state index in [1.807, 2.05) is 31.3 Å². The third-order valence-electron chi connectivity index (χ3n) is 3.84. The van der Waals surface area contributed by atoms with Gasteiger partial charge in [-0.1, -0.05) is 40.2 Å². The van der Waals surface area contributed by atoms with Crippen LogP contribution in [0.5, 0.6) is 5.75 Å². The molecule has 0 saturated carbocycles. The maximum atomic E-state index is 14.3. The van der Waals surface area contributed by atoms with E-state index in [1.165, 1.54) is 11.6 Å². The average Bonchev–Trinajstić information content (AvgIpc) is 2.50. The van der Waals surface area contributed by atoms with E-state index in [4.69, 9.17) is 4.74 Å². The van der Waals surface area contributed by atoms with Gasteiger partial charge in [-0.3, -0.25) is 0 Å². The normalized spacial score (nSPS) is 15.2. The Morgan fingerprint density at radius 1 is 1.24 bits per heavy atom. The van der Waals surface area contributed by atoms with E-state index in [2.05, 4.69) is 27.3 Å². The van der Waals surface area contributed by atoms with E-state index in [0.717, 1.165) is 35.2 Å². The highest BCUT2D eigenvalue weighted by Crippen LogP contribution is 2.36. The smallest absolute Gasteiger partial charge is 0.129 e. The molecule has 0 aromatic heterocycles. The fourth-order valence-electron chi connectivity index (χ4n) is 2.86. The van der Waals surface area contributed by atoms with Gasteiger partial charge in [-0.2, -0.15) is 0 Å². The largest absolute Gasteiger partial charge is 0.493 e. The number of benzene rings is 2. The second-order valence-corrected chi connectivity index (χ2v) is 6.09. The Balaban J connectivity index is 2.08. The van der Waals surface area contributed by atoms with Crippen molar-refractivity contribution in [2.45, 2.75) is 18.9 Å². The predicted molar refractivity (Wildman–Crippen MR) is 85.3 cm³/mol. The highest BCUT2D eigenvalue weighted by atomic mass is 79.9. The number of hydrogen-bond donors (Lipinski definition) is 1. The molecule has 21 heavy (non-hydrogen) atoms. The zero-order valence-electron chi connectivity index (χ0n) is 11.8. The van der Waals surface area contributed by atoms with Crippen LogP contribution in [-0.2, 0) is 6.42 Å². The van der Waals surface area contributed by atoms with Gasteiger partial charge in [0.25, 0.3) is 0 Å². The molecular formula is C17H17BrFNO. The monoisotopic (exact) mass is 349 g/mol. The van der Waals surface area contributed by atoms with Crippen molar-refractivity contribution in [1.82, 2.24) is 5.32 Å². The summed E-state index contributed by atoms with van der Waals surface area (Å²) in [5, 5.41) is 3.21. The quantitative estimate of drug-likeness (QED) is 0.895. The van der Waals surface area contributed by atoms with Crippen molar-refractivity contribution in [3.05, 3.63) is 63.4 Å². The molecule has 0 spiro atoms. The zero-order chi connectivity index (χ0) is 14.8. The molecule has 2 nitrogen and oxygen atoms in total. The van der Waals surface area contributed by atoms with Gasteiger partial charge in [-0.05, 0) is 37.6 Å². The zero-order valence-corrected chi connectivity index (χ0v) is 13.4. The molecule has 0 fully saturated rings. The summed E-state index contributed by atoms with van der Waals surface area (Å²) in [4.78, 5) is 0. The van der Waals surface area contributed by atoms with Crippen LogP contribution in [0, 0.1) is 5.82 Å². The molecule has 1 unspecified atom stereocenters. The molecule has 2 aromatic carbocycles. The number of para-hydroxylation sites is 1. The van der Waals surface area contributed by atoms with Crippen molar-refractivity contribution in [3.63, 3.8) is 0 Å². The summed E-state index contributed by atoms with van der Waals surface area (Å²) in [5.41, 5.74) is 2.83. The minimum atomic E-state index is -0.225. The van der Waals surface area contributed by atoms with E-state index < -0.39 is 0 Å². The number of ether oxygens (including phenoxy) is 1. The molecule has 4 heteroatoms. The van der Waals surface area contributed by atoms with Crippen LogP contribution in [0.3, 0.4) is 0 Å². The highest BCUT2D eigenvalue weighted by molar-refractivity contribution is 9.10. The predicted octanol–water partition coefficient (Wildman–Crippen LogP) is 4.22. The summed E-state index contributed by atoms with van der Waals surface area (Å²) in [6.45, 7) is 0.725. The standard InChI is InChI=1S/C17H17BrFNO/c1-20-16(13-8-7-12(18)10-15(13)19)14-6-2-4-11-5-3-9-21-17(11)14/h2,4,6-8,10,16,20H,3,5,9H2,1H3. The molecule has 2 aromatic rings. The fraction of sp³-hybridized carbons (Fsp3) is 0.294. The van der Waals surface area contributed by atoms with Gasteiger partial charge >= 0.3 is 0 Å². The summed E-state index contributed by atoms with van der Waals surface area (Å²) in [5.74, 6) is 0.683. The topological polar surface area (TPSA) is 21.3 Å². The molecule has 1 atom stereocenters. The molecule has 0 bridgehead atoms. The summed E-state index contributed by atoms with van der Waals surface area (Å²) in [6, 6.07) is 11.1. The van der Waals surface area contributed by atoms with Gasteiger partial charge in [0.05, 0.1) is 12.6 Å². The minimum Gasteiger partial charge on any atom is -0.493 e. The maximum absolute atomic E-state index is 14.3. The molecule has 0 radical (unpaired) electrons. The van der Waals surface area contributed by atoms with Gasteiger partial charge in [-0.15, -0.1) is 0 Å². The van der Waals surface area contributed by atoms with E-state index >= 15 is 0 Å². The Hall–Kier alpha value is -1.39. The first-order chi connectivity index (χ1) is 10.2. The number of aryl methyl sites for hydroxylation is 1. The van der Waals surface area contributed by atoms with Crippen LogP contribution >= 0.6 is 15.9 Å². The highest BCUT2D eigenvalue weighted by Gasteiger charge is 2.23. The summed E-state index contributed by atoms with van der Waals surface area (Å²) < 4.78 is 20.9. The number of nitrogens with one attached hydrogen (secondary N) is 1. The van der Waals surface area contributed by atoms with Crippen LogP contribution in [0.15, 0.2) is 40.9 Å². The lowest BCUT2D eigenvalue weighted by Crippen LogP contribution is -2.21. The van der Waals surface area contributed by atoms with Crippen LogP contribution in [0.4, 0.5) is 4.39 Å². The maximum Gasteiger partial charge on any atom is 0.129 e. The molecule has 1 N–H and O–H groups in total. The Bertz CT molecular complexity index is 659. The molecule has 110 valence electrons. The molecular weight excluding hydrogens is 333 g/mol. The van der Waals surface area contributed by atoms with Crippen LogP contribution < -0.4 is 10.1 Å². The lowest BCUT2D eigenvalue weighted by molar-refractivity contribution is 0.283. The van der Waals surface area contributed by atoms with Gasteiger partial charge in [0.1, 0.15) is 11.6 Å². The van der Waals surface area contributed by atoms with Crippen LogP contribution in [0.2, 0.25) is 0 Å². The third-order valence-corrected chi connectivity index (χ3v) is 4.33. The Kier molecular flexibility index (Phi) is 4.27. The molecule has 1 heterocycles. The molecule has 1 aliphatic rings. The van der Waals surface area contributed by atoms with E-state index in [1.54, 1.807) is 0 Å². The molecule has 0 aliphatic carbocycles. The Labute approximate surface area is 132 Å². The minimum absolute atomic E-state index is 0.217. The van der Waals surface area contributed by atoms with Crippen molar-refractivity contribution < 1.29 is 9.13 Å². The number of fused-ring (bicyclic) bond motifs is 1. The molecule has 3 rings (SSSR count). The fourth-order valence-corrected chi connectivity index (χ4v) is 3.19. The third kappa shape index (κ3) is 2.83. The Morgan fingerprint density at radius 3 is 2.86 bits per heavy atom. The van der Waals surface area contributed by atoms with Crippen LogP contribution in [0.1, 0.15) is 29.2 Å². The summed E-state index contributed by atoms with van der Waals surface area (Å²) >= 11 is 3.30. The SMILES string of the molecule is CNC(c1ccc(Br)cc1F)c1cccc2c1OCCC2. The van der Waals surface area contributed by atoms with Crippen molar-refractivity contribution >= 4 is 15.9 Å². The van der Waals surface area contributed by atoms with Gasteiger partial charge < -0.3 is 10.1 Å². The lowest BCUT2D eigenvalue weighted by atomic mass is 9.93. The average molecular weight is 350 g/mol. The van der Waals surface area contributed by atoms with Crippen LogP contribution in [-0.4, -0.2) is 13.7 Å². The second kappa shape index (κ2) is 6.16. The molecule has 0 amide bonds. The van der Waals surface area contributed by atoms with Crippen molar-refractivity contribution in [2.24, 2.45) is 0 Å². The van der Waals surface area contributed by atoms with Crippen molar-refractivity contribution in [2.75, 3.05) is 13.7 Å². The van der Waals surface area contributed by atoms with Gasteiger partial charge in [0.2, 0.25) is 0 Å². The first-order valence-corrected chi connectivity index (χ1v) is 7.87.